The van der Waals surface area contributed by atoms with E-state index in [1.54, 1.807) is 12.1 Å². The van der Waals surface area contributed by atoms with E-state index in [1.807, 2.05) is 5.32 Å². The zero-order valence-corrected chi connectivity index (χ0v) is 18.8. The van der Waals surface area contributed by atoms with Crippen LogP contribution < -0.4 is 10.6 Å². The van der Waals surface area contributed by atoms with E-state index in [9.17, 15) is 13.2 Å². The highest BCUT2D eigenvalue weighted by Crippen LogP contribution is 2.23. The highest BCUT2D eigenvalue weighted by Gasteiger charge is 2.21. The monoisotopic (exact) mass is 417 g/mol. The van der Waals surface area contributed by atoms with Crippen molar-refractivity contribution in [3.05, 3.63) is 59.7 Å². The molecule has 0 aliphatic carbocycles. The summed E-state index contributed by atoms with van der Waals surface area (Å²) in [4.78, 5) is 12.6. The van der Waals surface area contributed by atoms with Crippen LogP contribution in [-0.4, -0.2) is 27.1 Å². The van der Waals surface area contributed by atoms with Crippen molar-refractivity contribution in [2.75, 3.05) is 18.1 Å². The van der Waals surface area contributed by atoms with Crippen molar-refractivity contribution in [2.24, 2.45) is 5.92 Å². The molecule has 0 unspecified atom stereocenters. The Morgan fingerprint density at radius 3 is 2.21 bits per heavy atom. The van der Waals surface area contributed by atoms with Gasteiger partial charge in [0.1, 0.15) is 6.04 Å². The van der Waals surface area contributed by atoms with Crippen LogP contribution >= 0.6 is 0 Å². The molecule has 0 bridgehead atoms. The molecule has 3 N–H and O–H groups in total. The van der Waals surface area contributed by atoms with Crippen LogP contribution in [0.15, 0.2) is 53.4 Å². The van der Waals surface area contributed by atoms with Crippen LogP contribution in [0.1, 0.15) is 57.2 Å². The summed E-state index contributed by atoms with van der Waals surface area (Å²) in [7, 11) is -3.31. The number of sulfone groups is 1. The molecule has 6 heteroatoms. The summed E-state index contributed by atoms with van der Waals surface area (Å²) < 4.78 is 23.4. The first kappa shape index (κ1) is 23.1. The summed E-state index contributed by atoms with van der Waals surface area (Å²) >= 11 is 0. The van der Waals surface area contributed by atoms with Gasteiger partial charge in [0, 0.05) is 23.4 Å². The van der Waals surface area contributed by atoms with Crippen molar-refractivity contribution in [1.82, 2.24) is 0 Å². The Balaban J connectivity index is 2.03. The predicted octanol–water partition coefficient (Wildman–Crippen LogP) is 3.50. The molecule has 0 heterocycles. The highest BCUT2D eigenvalue weighted by molar-refractivity contribution is 7.90. The molecule has 0 aliphatic rings. The average Bonchev–Trinajstić information content (AvgIpc) is 2.67. The normalized spacial score (nSPS) is 13.9. The van der Waals surface area contributed by atoms with E-state index < -0.39 is 9.84 Å². The van der Waals surface area contributed by atoms with Crippen molar-refractivity contribution in [3.63, 3.8) is 0 Å². The molecule has 0 saturated carbocycles. The van der Waals surface area contributed by atoms with Crippen LogP contribution in [0.3, 0.4) is 0 Å². The lowest BCUT2D eigenvalue weighted by Gasteiger charge is -2.20. The Bertz CT molecular complexity index is 921. The van der Waals surface area contributed by atoms with Crippen molar-refractivity contribution in [3.8, 4) is 0 Å². The number of carbonyl (C=O) groups is 1. The predicted molar refractivity (Wildman–Crippen MR) is 118 cm³/mol. The van der Waals surface area contributed by atoms with Crippen LogP contribution in [0.5, 0.6) is 0 Å². The van der Waals surface area contributed by atoms with Gasteiger partial charge in [0.2, 0.25) is 0 Å². The largest absolute Gasteiger partial charge is 0.332 e. The highest BCUT2D eigenvalue weighted by atomic mass is 32.2. The molecule has 2 rings (SSSR count). The van der Waals surface area contributed by atoms with Crippen molar-refractivity contribution in [1.29, 1.82) is 0 Å². The van der Waals surface area contributed by atoms with E-state index in [4.69, 9.17) is 0 Å². The second kappa shape index (κ2) is 10.0. The van der Waals surface area contributed by atoms with Gasteiger partial charge in [0.15, 0.2) is 16.4 Å². The van der Waals surface area contributed by atoms with Gasteiger partial charge in [-0.15, -0.1) is 0 Å². The van der Waals surface area contributed by atoms with Gasteiger partial charge in [-0.1, -0.05) is 58.0 Å². The SMILES string of the molecule is CC[C@H](C)c1ccc([C@@H]([NH2+]CC(=O)Nc2cccc(S(C)(=O)=O)c2)C(C)C)cc1. The molecule has 2 aromatic carbocycles. The number of hydrogen-bond donors (Lipinski definition) is 2. The minimum absolute atomic E-state index is 0.155. The Morgan fingerprint density at radius 1 is 1.03 bits per heavy atom. The van der Waals surface area contributed by atoms with Gasteiger partial charge in [-0.2, -0.15) is 0 Å². The number of rotatable bonds is 9. The van der Waals surface area contributed by atoms with E-state index in [2.05, 4.69) is 57.3 Å². The van der Waals surface area contributed by atoms with Gasteiger partial charge in [0.25, 0.3) is 5.91 Å². The van der Waals surface area contributed by atoms with Crippen molar-refractivity contribution >= 4 is 21.4 Å². The second-order valence-corrected chi connectivity index (χ2v) is 10.0. The Morgan fingerprint density at radius 2 is 1.66 bits per heavy atom. The molecule has 29 heavy (non-hydrogen) atoms. The molecule has 0 aromatic heterocycles. The summed E-state index contributed by atoms with van der Waals surface area (Å²) in [6.45, 7) is 8.98. The summed E-state index contributed by atoms with van der Waals surface area (Å²) in [5, 5.41) is 4.84. The van der Waals surface area contributed by atoms with E-state index in [1.165, 1.54) is 23.3 Å². The van der Waals surface area contributed by atoms with Gasteiger partial charge >= 0.3 is 0 Å². The first-order chi connectivity index (χ1) is 13.6. The second-order valence-electron chi connectivity index (χ2n) is 8.03. The van der Waals surface area contributed by atoms with Gasteiger partial charge < -0.3 is 10.6 Å². The fourth-order valence-corrected chi connectivity index (χ4v) is 3.99. The lowest BCUT2D eigenvalue weighted by molar-refractivity contribution is -0.692. The number of benzene rings is 2. The number of nitrogens with two attached hydrogens (primary N) is 1. The van der Waals surface area contributed by atoms with Crippen molar-refractivity contribution < 1.29 is 18.5 Å². The molecule has 1 amide bonds. The average molecular weight is 418 g/mol. The van der Waals surface area contributed by atoms with E-state index >= 15 is 0 Å². The molecule has 5 nitrogen and oxygen atoms in total. The minimum atomic E-state index is -3.31. The molecule has 0 aliphatic heterocycles. The molecular formula is C23H33N2O3S+. The first-order valence-electron chi connectivity index (χ1n) is 10.1. The van der Waals surface area contributed by atoms with Gasteiger partial charge in [-0.05, 0) is 36.1 Å². The van der Waals surface area contributed by atoms with Crippen LogP contribution in [0.4, 0.5) is 5.69 Å². The maximum Gasteiger partial charge on any atom is 0.279 e. The number of amides is 1. The molecular weight excluding hydrogens is 384 g/mol. The van der Waals surface area contributed by atoms with Crippen LogP contribution in [-0.2, 0) is 14.6 Å². The third-order valence-electron chi connectivity index (χ3n) is 5.32. The Hall–Kier alpha value is -2.18. The Kier molecular flexibility index (Phi) is 7.99. The number of anilines is 1. The lowest BCUT2D eigenvalue weighted by atomic mass is 9.92. The van der Waals surface area contributed by atoms with E-state index in [-0.39, 0.29) is 23.4 Å². The topological polar surface area (TPSA) is 79.8 Å². The summed E-state index contributed by atoms with van der Waals surface area (Å²) in [5.74, 6) is 0.752. The standard InChI is InChI=1S/C23H32N2O3S/c1-6-17(4)18-10-12-19(13-11-18)23(16(2)3)24-15-22(26)25-20-8-7-9-21(14-20)29(5,27)28/h7-14,16-17,23-24H,6,15H2,1-5H3,(H,25,26)/p+1/t17-,23-/m0/s1. The van der Waals surface area contributed by atoms with Gasteiger partial charge in [0.05, 0.1) is 4.90 Å². The molecule has 0 fully saturated rings. The maximum absolute atomic E-state index is 12.4. The third-order valence-corrected chi connectivity index (χ3v) is 6.43. The number of quaternary nitrogens is 1. The summed E-state index contributed by atoms with van der Waals surface area (Å²) in [6, 6.07) is 15.2. The number of hydrogen-bond acceptors (Lipinski definition) is 3. The maximum atomic E-state index is 12.4. The zero-order chi connectivity index (χ0) is 21.6. The zero-order valence-electron chi connectivity index (χ0n) is 18.0. The van der Waals surface area contributed by atoms with E-state index in [0.29, 0.717) is 17.5 Å². The first-order valence-corrected chi connectivity index (χ1v) is 12.0. The fraction of sp³-hybridized carbons (Fsp3) is 0.435. The number of nitrogens with one attached hydrogen (secondary N) is 1. The molecule has 2 atom stereocenters. The van der Waals surface area contributed by atoms with Gasteiger partial charge in [-0.3, -0.25) is 4.79 Å². The molecule has 0 spiro atoms. The molecule has 0 radical (unpaired) electrons. The molecule has 0 saturated heterocycles. The van der Waals surface area contributed by atoms with Crippen molar-refractivity contribution in [2.45, 2.75) is 51.0 Å². The van der Waals surface area contributed by atoms with Crippen LogP contribution in [0, 0.1) is 5.92 Å². The fourth-order valence-electron chi connectivity index (χ4n) is 3.33. The smallest absolute Gasteiger partial charge is 0.279 e. The quantitative estimate of drug-likeness (QED) is 0.655. The molecule has 2 aromatic rings. The van der Waals surface area contributed by atoms with Crippen LogP contribution in [0.25, 0.3) is 0 Å². The third kappa shape index (κ3) is 6.68. The minimum Gasteiger partial charge on any atom is -0.332 e. The van der Waals surface area contributed by atoms with E-state index in [0.717, 1.165) is 12.7 Å². The summed E-state index contributed by atoms with van der Waals surface area (Å²) in [6.07, 6.45) is 2.27. The lowest BCUT2D eigenvalue weighted by Crippen LogP contribution is -2.88. The Labute approximate surface area is 174 Å². The number of carbonyl (C=O) groups excluding carboxylic acids is 1. The molecule has 158 valence electrons. The van der Waals surface area contributed by atoms with Crippen LogP contribution in [0.2, 0.25) is 0 Å². The van der Waals surface area contributed by atoms with Gasteiger partial charge in [-0.25, -0.2) is 8.42 Å². The summed E-state index contributed by atoms with van der Waals surface area (Å²) in [5.41, 5.74) is 3.03.